The maximum absolute atomic E-state index is 4.04. The predicted molar refractivity (Wildman–Crippen MR) is 50.1 cm³/mol. The molecule has 0 aromatic rings. The van der Waals surface area contributed by atoms with Crippen molar-refractivity contribution in [2.75, 3.05) is 7.05 Å². The van der Waals surface area contributed by atoms with Gasteiger partial charge in [-0.1, -0.05) is 13.8 Å². The molecular weight excluding hydrogens is 138 g/mol. The van der Waals surface area contributed by atoms with E-state index in [0.717, 1.165) is 11.5 Å². The quantitative estimate of drug-likeness (QED) is 0.367. The van der Waals surface area contributed by atoms with Gasteiger partial charge in [0.1, 0.15) is 5.84 Å². The van der Waals surface area contributed by atoms with Crippen LogP contribution >= 0.6 is 0 Å². The van der Waals surface area contributed by atoms with Crippen LogP contribution in [0.25, 0.3) is 0 Å². The summed E-state index contributed by atoms with van der Waals surface area (Å²) in [7, 11) is 1.83. The molecule has 0 saturated carbocycles. The van der Waals surface area contributed by atoms with Crippen LogP contribution in [0.3, 0.4) is 0 Å². The molecule has 0 aliphatic heterocycles. The molecule has 0 heterocycles. The summed E-state index contributed by atoms with van der Waals surface area (Å²) in [5.41, 5.74) is 1.06. The standard InChI is InChI=1S/C8H17N3/c1-6(2)7(3)10-11-8(4)9-5/h6H,1-5H3,(H,9,11)/b10-7+. The fourth-order valence-corrected chi connectivity index (χ4v) is 0.319. The maximum Gasteiger partial charge on any atom is 0.121 e. The van der Waals surface area contributed by atoms with E-state index in [1.807, 2.05) is 20.9 Å². The van der Waals surface area contributed by atoms with Crippen LogP contribution in [0.4, 0.5) is 0 Å². The lowest BCUT2D eigenvalue weighted by Crippen LogP contribution is -2.13. The Morgan fingerprint density at radius 2 is 1.73 bits per heavy atom. The molecule has 0 aliphatic rings. The van der Waals surface area contributed by atoms with Gasteiger partial charge < -0.3 is 5.32 Å². The molecule has 0 atom stereocenters. The molecular formula is C8H17N3. The summed E-state index contributed by atoms with van der Waals surface area (Å²) >= 11 is 0. The smallest absolute Gasteiger partial charge is 0.121 e. The van der Waals surface area contributed by atoms with Gasteiger partial charge in [-0.05, 0) is 19.8 Å². The van der Waals surface area contributed by atoms with E-state index in [4.69, 9.17) is 0 Å². The largest absolute Gasteiger partial charge is 0.375 e. The molecule has 3 nitrogen and oxygen atoms in total. The molecule has 0 aliphatic carbocycles. The summed E-state index contributed by atoms with van der Waals surface area (Å²) < 4.78 is 0. The van der Waals surface area contributed by atoms with Crippen LogP contribution in [0.1, 0.15) is 27.7 Å². The molecule has 3 heteroatoms. The molecule has 0 bridgehead atoms. The summed E-state index contributed by atoms with van der Waals surface area (Å²) in [6.45, 7) is 8.07. The summed E-state index contributed by atoms with van der Waals surface area (Å²) in [5, 5.41) is 10.9. The third-order valence-electron chi connectivity index (χ3n) is 1.56. The topological polar surface area (TPSA) is 36.8 Å². The second-order valence-corrected chi connectivity index (χ2v) is 2.83. The van der Waals surface area contributed by atoms with Crippen molar-refractivity contribution in [2.24, 2.45) is 16.1 Å². The molecule has 1 N–H and O–H groups in total. The zero-order valence-electron chi connectivity index (χ0n) is 7.97. The summed E-state index contributed by atoms with van der Waals surface area (Å²) in [6, 6.07) is 0. The third kappa shape index (κ3) is 4.53. The number of amidine groups is 1. The van der Waals surface area contributed by atoms with Crippen LogP contribution < -0.4 is 5.32 Å². The summed E-state index contributed by atoms with van der Waals surface area (Å²) in [6.07, 6.45) is 0. The molecule has 0 aromatic carbocycles. The third-order valence-corrected chi connectivity index (χ3v) is 1.56. The number of rotatable bonds is 2. The first-order valence-corrected chi connectivity index (χ1v) is 3.84. The SMILES string of the molecule is CN/C(C)=N\N=C(/C)C(C)C. The molecule has 0 spiro atoms. The van der Waals surface area contributed by atoms with Crippen molar-refractivity contribution in [3.05, 3.63) is 0 Å². The lowest BCUT2D eigenvalue weighted by molar-refractivity contribution is 0.868. The summed E-state index contributed by atoms with van der Waals surface area (Å²) in [4.78, 5) is 0. The zero-order chi connectivity index (χ0) is 8.85. The second kappa shape index (κ2) is 4.88. The highest BCUT2D eigenvalue weighted by atomic mass is 15.2. The van der Waals surface area contributed by atoms with Crippen molar-refractivity contribution >= 4 is 11.5 Å². The molecule has 11 heavy (non-hydrogen) atoms. The van der Waals surface area contributed by atoms with Gasteiger partial charge in [-0.3, -0.25) is 0 Å². The summed E-state index contributed by atoms with van der Waals surface area (Å²) in [5.74, 6) is 1.31. The van der Waals surface area contributed by atoms with Crippen LogP contribution in [0, 0.1) is 5.92 Å². The lowest BCUT2D eigenvalue weighted by Gasteiger charge is -2.00. The van der Waals surface area contributed by atoms with E-state index < -0.39 is 0 Å². The van der Waals surface area contributed by atoms with Crippen molar-refractivity contribution < 1.29 is 0 Å². The van der Waals surface area contributed by atoms with E-state index in [2.05, 4.69) is 29.4 Å². The molecule has 0 amide bonds. The molecule has 0 radical (unpaired) electrons. The molecule has 0 aromatic heterocycles. The van der Waals surface area contributed by atoms with Crippen LogP contribution in [0.2, 0.25) is 0 Å². The van der Waals surface area contributed by atoms with Gasteiger partial charge in [0.05, 0.1) is 0 Å². The fourth-order valence-electron chi connectivity index (χ4n) is 0.319. The van der Waals surface area contributed by atoms with Gasteiger partial charge in [0, 0.05) is 12.8 Å². The van der Waals surface area contributed by atoms with Crippen LogP contribution in [0.5, 0.6) is 0 Å². The van der Waals surface area contributed by atoms with Crippen LogP contribution in [-0.4, -0.2) is 18.6 Å². The van der Waals surface area contributed by atoms with Crippen LogP contribution in [-0.2, 0) is 0 Å². The highest BCUT2D eigenvalue weighted by Gasteiger charge is 1.95. The number of hydrogen-bond donors (Lipinski definition) is 1. The van der Waals surface area contributed by atoms with E-state index in [0.29, 0.717) is 5.92 Å². The van der Waals surface area contributed by atoms with Crippen molar-refractivity contribution in [3.8, 4) is 0 Å². The Balaban J connectivity index is 4.11. The van der Waals surface area contributed by atoms with E-state index in [1.165, 1.54) is 0 Å². The van der Waals surface area contributed by atoms with E-state index in [-0.39, 0.29) is 0 Å². The van der Waals surface area contributed by atoms with Gasteiger partial charge in [0.15, 0.2) is 0 Å². The Labute approximate surface area is 68.6 Å². The van der Waals surface area contributed by atoms with Gasteiger partial charge in [-0.15, -0.1) is 5.10 Å². The molecule has 0 rings (SSSR count). The number of hydrogen-bond acceptors (Lipinski definition) is 2. The Morgan fingerprint density at radius 3 is 2.09 bits per heavy atom. The number of nitrogens with zero attached hydrogens (tertiary/aromatic N) is 2. The predicted octanol–water partition coefficient (Wildman–Crippen LogP) is 1.66. The minimum atomic E-state index is 0.475. The number of nitrogens with one attached hydrogen (secondary N) is 1. The van der Waals surface area contributed by atoms with Gasteiger partial charge >= 0.3 is 0 Å². The second-order valence-electron chi connectivity index (χ2n) is 2.83. The van der Waals surface area contributed by atoms with E-state index >= 15 is 0 Å². The van der Waals surface area contributed by atoms with Crippen molar-refractivity contribution in [1.82, 2.24) is 5.32 Å². The van der Waals surface area contributed by atoms with E-state index in [9.17, 15) is 0 Å². The minimum Gasteiger partial charge on any atom is -0.375 e. The van der Waals surface area contributed by atoms with Gasteiger partial charge in [-0.2, -0.15) is 5.10 Å². The van der Waals surface area contributed by atoms with Crippen molar-refractivity contribution in [1.29, 1.82) is 0 Å². The Morgan fingerprint density at radius 1 is 1.18 bits per heavy atom. The monoisotopic (exact) mass is 155 g/mol. The van der Waals surface area contributed by atoms with E-state index in [1.54, 1.807) is 0 Å². The fraction of sp³-hybridized carbons (Fsp3) is 0.750. The highest BCUT2D eigenvalue weighted by Crippen LogP contribution is 1.95. The normalized spacial score (nSPS) is 14.0. The Hall–Kier alpha value is -0.860. The first kappa shape index (κ1) is 10.1. The van der Waals surface area contributed by atoms with Crippen LogP contribution in [0.15, 0.2) is 10.2 Å². The van der Waals surface area contributed by atoms with Gasteiger partial charge in [0.25, 0.3) is 0 Å². The average molecular weight is 155 g/mol. The highest BCUT2D eigenvalue weighted by molar-refractivity contribution is 5.85. The Kier molecular flexibility index (Phi) is 4.50. The molecule has 0 saturated heterocycles. The first-order chi connectivity index (χ1) is 5.07. The van der Waals surface area contributed by atoms with Gasteiger partial charge in [-0.25, -0.2) is 0 Å². The molecule has 0 unspecified atom stereocenters. The van der Waals surface area contributed by atoms with Crippen molar-refractivity contribution in [3.63, 3.8) is 0 Å². The first-order valence-electron chi connectivity index (χ1n) is 3.84. The molecule has 64 valence electrons. The van der Waals surface area contributed by atoms with Crippen molar-refractivity contribution in [2.45, 2.75) is 27.7 Å². The average Bonchev–Trinajstić information content (AvgIpc) is 1.99. The molecule has 0 fully saturated rings. The van der Waals surface area contributed by atoms with Gasteiger partial charge in [0.2, 0.25) is 0 Å². The maximum atomic E-state index is 4.04. The zero-order valence-corrected chi connectivity index (χ0v) is 7.97. The Bertz CT molecular complexity index is 168. The lowest BCUT2D eigenvalue weighted by atomic mass is 10.1. The minimum absolute atomic E-state index is 0.475.